The highest BCUT2D eigenvalue weighted by Gasteiger charge is 2.23. The maximum absolute atomic E-state index is 11.7. The third-order valence-electron chi connectivity index (χ3n) is 3.98. The molecule has 0 saturated carbocycles. The largest absolute Gasteiger partial charge is 0.383 e. The van der Waals surface area contributed by atoms with Gasteiger partial charge in [0, 0.05) is 23.6 Å². The normalized spacial score (nSPS) is 12.2. The summed E-state index contributed by atoms with van der Waals surface area (Å²) in [7, 11) is -3.28. The summed E-state index contributed by atoms with van der Waals surface area (Å²) >= 11 is 0. The van der Waals surface area contributed by atoms with Crippen LogP contribution in [0.5, 0.6) is 0 Å². The van der Waals surface area contributed by atoms with Crippen LogP contribution in [0.25, 0.3) is 11.5 Å². The van der Waals surface area contributed by atoms with Crippen molar-refractivity contribution >= 4 is 27.3 Å². The van der Waals surface area contributed by atoms with Gasteiger partial charge < -0.3 is 15.6 Å². The summed E-state index contributed by atoms with van der Waals surface area (Å²) in [6, 6.07) is 4.89. The summed E-state index contributed by atoms with van der Waals surface area (Å²) in [6.07, 6.45) is 2.68. The lowest BCUT2D eigenvalue weighted by molar-refractivity contribution is 0.402. The quantitative estimate of drug-likeness (QED) is 0.674. The van der Waals surface area contributed by atoms with Crippen LogP contribution in [0, 0.1) is 6.92 Å². The molecule has 0 spiro atoms. The Hall–Kier alpha value is -3.01. The number of nitrogen functional groups attached to an aromatic ring is 1. The first-order chi connectivity index (χ1) is 12.9. The van der Waals surface area contributed by atoms with E-state index in [0.29, 0.717) is 22.6 Å². The second kappa shape index (κ2) is 6.86. The number of sulfone groups is 1. The Labute approximate surface area is 163 Å². The summed E-state index contributed by atoms with van der Waals surface area (Å²) in [5.41, 5.74) is 7.49. The zero-order valence-corrected chi connectivity index (χ0v) is 17.1. The molecular weight excluding hydrogens is 380 g/mol. The van der Waals surface area contributed by atoms with Gasteiger partial charge in [0.15, 0.2) is 15.7 Å². The molecule has 3 N–H and O–H groups in total. The van der Waals surface area contributed by atoms with E-state index in [1.807, 2.05) is 20.8 Å². The number of aryl methyl sites for hydroxylation is 1. The molecule has 2 aromatic heterocycles. The van der Waals surface area contributed by atoms with Gasteiger partial charge in [-0.1, -0.05) is 25.9 Å². The van der Waals surface area contributed by atoms with Gasteiger partial charge in [0.2, 0.25) is 5.95 Å². The van der Waals surface area contributed by atoms with Crippen molar-refractivity contribution in [2.45, 2.75) is 38.0 Å². The van der Waals surface area contributed by atoms with E-state index >= 15 is 0 Å². The number of aromatic nitrogens is 4. The molecule has 0 aliphatic carbocycles. The zero-order chi connectivity index (χ0) is 20.7. The molecular formula is C18H22N6O3S. The maximum atomic E-state index is 11.7. The second-order valence-corrected chi connectivity index (χ2v) is 9.53. The van der Waals surface area contributed by atoms with Crippen molar-refractivity contribution in [1.82, 2.24) is 20.1 Å². The first kappa shape index (κ1) is 19.7. The lowest BCUT2D eigenvalue weighted by Crippen LogP contribution is -2.13. The highest BCUT2D eigenvalue weighted by molar-refractivity contribution is 7.90. The van der Waals surface area contributed by atoms with Crippen molar-refractivity contribution < 1.29 is 12.9 Å². The van der Waals surface area contributed by atoms with Gasteiger partial charge in [-0.3, -0.25) is 0 Å². The summed E-state index contributed by atoms with van der Waals surface area (Å²) in [6.45, 7) is 7.66. The average Bonchev–Trinajstić information content (AvgIpc) is 3.03. The number of nitrogens with zero attached hydrogens (tertiary/aromatic N) is 4. The monoisotopic (exact) mass is 402 g/mol. The number of anilines is 3. The molecule has 0 radical (unpaired) electrons. The van der Waals surface area contributed by atoms with Crippen molar-refractivity contribution in [2.75, 3.05) is 17.3 Å². The van der Waals surface area contributed by atoms with Gasteiger partial charge in [0.05, 0.1) is 4.90 Å². The van der Waals surface area contributed by atoms with Crippen molar-refractivity contribution in [3.05, 3.63) is 35.8 Å². The van der Waals surface area contributed by atoms with Crippen LogP contribution in [-0.2, 0) is 15.3 Å². The Bertz CT molecular complexity index is 1130. The molecule has 0 bridgehead atoms. The molecule has 0 amide bonds. The molecule has 0 aliphatic rings. The van der Waals surface area contributed by atoms with Gasteiger partial charge in [-0.2, -0.15) is 9.97 Å². The molecule has 1 aromatic carbocycles. The Morgan fingerprint density at radius 2 is 1.89 bits per heavy atom. The molecule has 3 aromatic rings. The van der Waals surface area contributed by atoms with Gasteiger partial charge >= 0.3 is 0 Å². The van der Waals surface area contributed by atoms with Gasteiger partial charge in [0.25, 0.3) is 5.89 Å². The Kier molecular flexibility index (Phi) is 4.84. The summed E-state index contributed by atoms with van der Waals surface area (Å²) in [5.74, 6) is 1.27. The fourth-order valence-electron chi connectivity index (χ4n) is 2.53. The lowest BCUT2D eigenvalue weighted by atomic mass is 9.96. The minimum absolute atomic E-state index is 0.186. The van der Waals surface area contributed by atoms with E-state index < -0.39 is 9.84 Å². The predicted octanol–water partition coefficient (Wildman–Crippen LogP) is 2.86. The minimum atomic E-state index is -3.28. The standard InChI is InChI=1S/C18H22N6O3S/c1-10-8-11(6-7-13(10)28(5,25)26)21-17-20-9-12(14(19)22-17)15-23-16(24-27-15)18(2,3)4/h6-9H,1-5H3,(H3,19,20,21,22). The van der Waals surface area contributed by atoms with Gasteiger partial charge in [-0.15, -0.1) is 0 Å². The van der Waals surface area contributed by atoms with Crippen LogP contribution < -0.4 is 11.1 Å². The fourth-order valence-corrected chi connectivity index (χ4v) is 3.49. The van der Waals surface area contributed by atoms with Crippen LogP contribution >= 0.6 is 0 Å². The number of benzene rings is 1. The first-order valence-electron chi connectivity index (χ1n) is 8.50. The van der Waals surface area contributed by atoms with Crippen LogP contribution in [0.4, 0.5) is 17.5 Å². The third kappa shape index (κ3) is 4.11. The van der Waals surface area contributed by atoms with Crippen molar-refractivity contribution in [1.29, 1.82) is 0 Å². The van der Waals surface area contributed by atoms with Crippen LogP contribution in [0.3, 0.4) is 0 Å². The van der Waals surface area contributed by atoms with E-state index in [4.69, 9.17) is 10.3 Å². The molecule has 9 nitrogen and oxygen atoms in total. The van der Waals surface area contributed by atoms with E-state index in [-0.39, 0.29) is 28.0 Å². The molecule has 0 saturated heterocycles. The number of hydrogen-bond donors (Lipinski definition) is 2. The smallest absolute Gasteiger partial charge is 0.263 e. The lowest BCUT2D eigenvalue weighted by Gasteiger charge is -2.11. The Morgan fingerprint density at radius 1 is 1.18 bits per heavy atom. The van der Waals surface area contributed by atoms with Gasteiger partial charge in [0.1, 0.15) is 11.4 Å². The van der Waals surface area contributed by atoms with Crippen molar-refractivity contribution in [3.63, 3.8) is 0 Å². The molecule has 0 unspecified atom stereocenters. The van der Waals surface area contributed by atoms with Crippen molar-refractivity contribution in [3.8, 4) is 11.5 Å². The van der Waals surface area contributed by atoms with Crippen LogP contribution in [0.2, 0.25) is 0 Å². The van der Waals surface area contributed by atoms with E-state index in [2.05, 4.69) is 25.4 Å². The molecule has 28 heavy (non-hydrogen) atoms. The number of hydrogen-bond acceptors (Lipinski definition) is 9. The Morgan fingerprint density at radius 3 is 2.43 bits per heavy atom. The maximum Gasteiger partial charge on any atom is 0.263 e. The molecule has 0 atom stereocenters. The summed E-state index contributed by atoms with van der Waals surface area (Å²) in [4.78, 5) is 13.1. The zero-order valence-electron chi connectivity index (χ0n) is 16.3. The number of rotatable bonds is 4. The first-order valence-corrected chi connectivity index (χ1v) is 10.4. The van der Waals surface area contributed by atoms with Gasteiger partial charge in [-0.05, 0) is 30.7 Å². The predicted molar refractivity (Wildman–Crippen MR) is 106 cm³/mol. The molecule has 148 valence electrons. The highest BCUT2D eigenvalue weighted by atomic mass is 32.2. The SMILES string of the molecule is Cc1cc(Nc2ncc(-c3nc(C(C)(C)C)no3)c(N)n2)ccc1S(C)(=O)=O. The fraction of sp³-hybridized carbons (Fsp3) is 0.333. The molecule has 0 aliphatic heterocycles. The Balaban J connectivity index is 1.85. The molecule has 2 heterocycles. The topological polar surface area (TPSA) is 137 Å². The van der Waals surface area contributed by atoms with Gasteiger partial charge in [-0.25, -0.2) is 13.4 Å². The van der Waals surface area contributed by atoms with Crippen LogP contribution in [0.1, 0.15) is 32.2 Å². The van der Waals surface area contributed by atoms with E-state index in [9.17, 15) is 8.42 Å². The van der Waals surface area contributed by atoms with E-state index in [1.165, 1.54) is 18.5 Å². The highest BCUT2D eigenvalue weighted by Crippen LogP contribution is 2.27. The third-order valence-corrected chi connectivity index (χ3v) is 5.23. The second-order valence-electron chi connectivity index (χ2n) is 7.54. The minimum Gasteiger partial charge on any atom is -0.383 e. The molecule has 3 rings (SSSR count). The van der Waals surface area contributed by atoms with E-state index in [1.54, 1.807) is 19.1 Å². The number of nitrogens with one attached hydrogen (secondary N) is 1. The molecule has 0 fully saturated rings. The van der Waals surface area contributed by atoms with Crippen LogP contribution in [-0.4, -0.2) is 34.8 Å². The summed E-state index contributed by atoms with van der Waals surface area (Å²) in [5, 5.41) is 6.98. The average molecular weight is 402 g/mol. The van der Waals surface area contributed by atoms with Crippen LogP contribution in [0.15, 0.2) is 33.8 Å². The van der Waals surface area contributed by atoms with Crippen molar-refractivity contribution in [2.24, 2.45) is 0 Å². The number of nitrogens with two attached hydrogens (primary N) is 1. The summed E-state index contributed by atoms with van der Waals surface area (Å²) < 4.78 is 28.7. The van der Waals surface area contributed by atoms with E-state index in [0.717, 1.165) is 0 Å². The molecule has 10 heteroatoms.